The van der Waals surface area contributed by atoms with Crippen molar-refractivity contribution >= 4 is 11.9 Å². The molecule has 10 rings (SSSR count). The summed E-state index contributed by atoms with van der Waals surface area (Å²) < 4.78 is 13.7. The van der Waals surface area contributed by atoms with Crippen LogP contribution in [0.25, 0.3) is 11.1 Å². The van der Waals surface area contributed by atoms with Crippen LogP contribution >= 0.6 is 0 Å². The Morgan fingerprint density at radius 1 is 0.797 bits per heavy atom. The molecule has 3 aromatic carbocycles. The predicted molar refractivity (Wildman–Crippen MR) is 230 cm³/mol. The van der Waals surface area contributed by atoms with Crippen molar-refractivity contribution in [3.8, 4) is 11.1 Å². The van der Waals surface area contributed by atoms with E-state index < -0.39 is 6.29 Å². The largest absolute Gasteiger partial charge is 0.392 e. The van der Waals surface area contributed by atoms with Crippen molar-refractivity contribution < 1.29 is 24.2 Å². The molecule has 5 aliphatic carbocycles. The number of benzene rings is 3. The highest BCUT2D eigenvalue weighted by Crippen LogP contribution is 2.55. The zero-order chi connectivity index (χ0) is 40.7. The highest BCUT2D eigenvalue weighted by molar-refractivity contribution is 5.82. The number of carbonyl (C=O) groups is 2. The van der Waals surface area contributed by atoms with Gasteiger partial charge < -0.3 is 30.5 Å². The lowest BCUT2D eigenvalue weighted by Gasteiger charge is -2.56. The van der Waals surface area contributed by atoms with Crippen molar-refractivity contribution in [3.05, 3.63) is 95.1 Å². The van der Waals surface area contributed by atoms with Gasteiger partial charge in [-0.2, -0.15) is 0 Å². The van der Waals surface area contributed by atoms with Crippen LogP contribution in [0.4, 0.5) is 4.79 Å². The average Bonchev–Trinajstić information content (AvgIpc) is 3.22. The third-order valence-electron chi connectivity index (χ3n) is 14.7. The third kappa shape index (κ3) is 9.14. The van der Waals surface area contributed by atoms with Gasteiger partial charge in [-0.1, -0.05) is 85.6 Å². The highest BCUT2D eigenvalue weighted by atomic mass is 16.7. The van der Waals surface area contributed by atoms with Gasteiger partial charge in [-0.15, -0.1) is 0 Å². The molecule has 3 aromatic rings. The van der Waals surface area contributed by atoms with Crippen molar-refractivity contribution in [3.63, 3.8) is 0 Å². The molecule has 2 heterocycles. The van der Waals surface area contributed by atoms with Crippen LogP contribution in [0.15, 0.2) is 72.8 Å². The van der Waals surface area contributed by atoms with E-state index >= 15 is 0 Å². The third-order valence-corrected chi connectivity index (χ3v) is 14.7. The van der Waals surface area contributed by atoms with Gasteiger partial charge in [-0.3, -0.25) is 9.69 Å². The molecule has 2 saturated heterocycles. The molecule has 7 aliphatic rings. The van der Waals surface area contributed by atoms with Crippen LogP contribution in [0.2, 0.25) is 0 Å². The fourth-order valence-corrected chi connectivity index (χ4v) is 12.5. The van der Waals surface area contributed by atoms with Crippen LogP contribution in [-0.2, 0) is 27.4 Å². The smallest absolute Gasteiger partial charge is 0.315 e. The van der Waals surface area contributed by atoms with Crippen LogP contribution in [0.1, 0.15) is 139 Å². The summed E-state index contributed by atoms with van der Waals surface area (Å²) >= 11 is 0. The number of fused-ring (bicyclic) bond motifs is 1. The van der Waals surface area contributed by atoms with Gasteiger partial charge in [0, 0.05) is 42.2 Å². The number of urea groups is 1. The van der Waals surface area contributed by atoms with Gasteiger partial charge in [0.15, 0.2) is 6.29 Å². The minimum absolute atomic E-state index is 0.00370. The lowest BCUT2D eigenvalue weighted by atomic mass is 9.53. The van der Waals surface area contributed by atoms with Gasteiger partial charge in [0.2, 0.25) is 5.91 Å². The maximum absolute atomic E-state index is 13.9. The van der Waals surface area contributed by atoms with E-state index in [0.717, 1.165) is 89.7 Å². The molecule has 59 heavy (non-hydrogen) atoms. The summed E-state index contributed by atoms with van der Waals surface area (Å²) in [5.74, 6) is 3.07. The van der Waals surface area contributed by atoms with Crippen LogP contribution in [0.5, 0.6) is 0 Å². The summed E-state index contributed by atoms with van der Waals surface area (Å²) in [4.78, 5) is 29.8. The van der Waals surface area contributed by atoms with Crippen molar-refractivity contribution in [1.29, 1.82) is 0 Å². The number of rotatable bonds is 10. The highest BCUT2D eigenvalue weighted by Gasteiger charge is 2.51. The fraction of sp³-hybridized carbons (Fsp3) is 0.600. The molecule has 3 amide bonds. The van der Waals surface area contributed by atoms with Crippen molar-refractivity contribution in [2.45, 2.75) is 159 Å². The summed E-state index contributed by atoms with van der Waals surface area (Å²) in [6.07, 6.45) is 14.0. The molecule has 0 spiro atoms. The Labute approximate surface area is 351 Å². The van der Waals surface area contributed by atoms with Crippen molar-refractivity contribution in [1.82, 2.24) is 20.9 Å². The molecule has 2 aliphatic heterocycles. The average molecular weight is 803 g/mol. The van der Waals surface area contributed by atoms with E-state index in [2.05, 4.69) is 96.2 Å². The molecule has 5 saturated carbocycles. The zero-order valence-electron chi connectivity index (χ0n) is 35.5. The summed E-state index contributed by atoms with van der Waals surface area (Å²) in [6.45, 7) is 7.30. The number of amides is 3. The maximum Gasteiger partial charge on any atom is 0.315 e. The first kappa shape index (κ1) is 40.6. The second-order valence-corrected chi connectivity index (χ2v) is 20.3. The van der Waals surface area contributed by atoms with E-state index in [0.29, 0.717) is 31.5 Å². The number of hydrogen-bond acceptors (Lipinski definition) is 6. The molecular weight excluding hydrogens is 737 g/mol. The maximum atomic E-state index is 13.9. The van der Waals surface area contributed by atoms with E-state index in [9.17, 15) is 14.7 Å². The number of aliphatic hydroxyl groups is 1. The molecule has 316 valence electrons. The summed E-state index contributed by atoms with van der Waals surface area (Å²) in [5, 5.41) is 19.7. The Hall–Kier alpha value is -3.76. The molecule has 4 N–H and O–H groups in total. The van der Waals surface area contributed by atoms with E-state index in [1.807, 2.05) is 18.2 Å². The zero-order valence-corrected chi connectivity index (χ0v) is 35.5. The molecule has 6 atom stereocenters. The predicted octanol–water partition coefficient (Wildman–Crippen LogP) is 9.10. The molecular formula is C50H66N4O5. The molecule has 0 radical (unpaired) electrons. The molecule has 4 bridgehead atoms. The topological polar surface area (TPSA) is 112 Å². The summed E-state index contributed by atoms with van der Waals surface area (Å²) in [5.41, 5.74) is 5.78. The van der Waals surface area contributed by atoms with Crippen molar-refractivity contribution in [2.75, 3.05) is 6.54 Å². The molecule has 9 nitrogen and oxygen atoms in total. The lowest BCUT2D eigenvalue weighted by molar-refractivity contribution is -0.255. The van der Waals surface area contributed by atoms with Gasteiger partial charge in [-0.25, -0.2) is 4.79 Å². The van der Waals surface area contributed by atoms with E-state index in [-0.39, 0.29) is 47.9 Å². The molecule has 9 heteroatoms. The van der Waals surface area contributed by atoms with Gasteiger partial charge in [-0.05, 0) is 136 Å². The van der Waals surface area contributed by atoms with Gasteiger partial charge in [0.25, 0.3) is 0 Å². The first-order chi connectivity index (χ1) is 28.5. The quantitative estimate of drug-likeness (QED) is 0.163. The van der Waals surface area contributed by atoms with E-state index in [1.54, 1.807) is 0 Å². The monoisotopic (exact) mass is 803 g/mol. The summed E-state index contributed by atoms with van der Waals surface area (Å²) in [6, 6.07) is 25.0. The second-order valence-electron chi connectivity index (χ2n) is 20.3. The molecule has 0 unspecified atom stereocenters. The Kier molecular flexibility index (Phi) is 11.7. The Bertz CT molecular complexity index is 1910. The van der Waals surface area contributed by atoms with Gasteiger partial charge in [0.1, 0.15) is 0 Å². The SMILES string of the molecule is CC(C)(C)NC(=O)[C@H]1CC[C@H]2CCCC[C@H]2N1C[C@@H]1C[C@H](c2ccc(CO)cc2)O[C@H](c2ccc(-c3ccccc3CNC(=O)NC34CC5CC(CC(C5)C3)C4)cc2)O1. The number of piperidine rings is 1. The number of aliphatic hydroxyl groups excluding tert-OH is 1. The first-order valence-corrected chi connectivity index (χ1v) is 22.8. The van der Waals surface area contributed by atoms with Gasteiger partial charge >= 0.3 is 6.03 Å². The summed E-state index contributed by atoms with van der Waals surface area (Å²) in [7, 11) is 0. The Balaban J connectivity index is 0.920. The number of carbonyl (C=O) groups excluding carboxylic acids is 2. The number of nitrogens with one attached hydrogen (secondary N) is 3. The normalized spacial score (nSPS) is 32.9. The number of likely N-dealkylation sites (tertiary alicyclic amines) is 1. The second kappa shape index (κ2) is 16.9. The number of ether oxygens (including phenoxy) is 2. The van der Waals surface area contributed by atoms with E-state index in [4.69, 9.17) is 9.47 Å². The minimum Gasteiger partial charge on any atom is -0.392 e. The first-order valence-electron chi connectivity index (χ1n) is 22.8. The number of hydrogen-bond donors (Lipinski definition) is 4. The minimum atomic E-state index is -0.593. The van der Waals surface area contributed by atoms with Crippen LogP contribution in [-0.4, -0.2) is 57.8 Å². The number of nitrogens with zero attached hydrogens (tertiary/aromatic N) is 1. The van der Waals surface area contributed by atoms with E-state index in [1.165, 1.54) is 38.5 Å². The Morgan fingerprint density at radius 3 is 2.17 bits per heavy atom. The van der Waals surface area contributed by atoms with Crippen LogP contribution < -0.4 is 16.0 Å². The standard InChI is InChI=1S/C50H66N4O5/c1-49(2,3)52-46(56)44-21-20-37-8-5-7-11-43(37)54(44)30-41-25-45(38-14-12-32(31-55)13-15-38)59-47(58-41)39-18-16-36(17-19-39)42-10-6-4-9-40(42)29-51-48(57)53-50-26-33-22-34(27-50)24-35(23-33)28-50/h4,6,9-10,12-19,33-35,37,41,43-45,47,55H,5,7-8,11,20-31H2,1-3H3,(H,52,56)(H2,51,53,57)/t33?,34?,35?,37-,41+,43-,44-,45-,47-,50?/m1/s1. The lowest BCUT2D eigenvalue weighted by Crippen LogP contribution is -2.61. The van der Waals surface area contributed by atoms with Gasteiger partial charge in [0.05, 0.1) is 24.9 Å². The molecule has 0 aromatic heterocycles. The molecule has 7 fully saturated rings. The fourth-order valence-electron chi connectivity index (χ4n) is 12.5. The van der Waals surface area contributed by atoms with Crippen LogP contribution in [0, 0.1) is 23.7 Å². The van der Waals surface area contributed by atoms with Crippen LogP contribution in [0.3, 0.4) is 0 Å². The van der Waals surface area contributed by atoms with Crippen molar-refractivity contribution in [2.24, 2.45) is 23.7 Å². The Morgan fingerprint density at radius 2 is 1.47 bits per heavy atom.